The maximum Gasteiger partial charge on any atom is 0.255 e. The maximum absolute atomic E-state index is 12.6. The van der Waals surface area contributed by atoms with Gasteiger partial charge in [0.1, 0.15) is 18.1 Å². The molecular formula is C24H24N4O3. The molecule has 2 heterocycles. The van der Waals surface area contributed by atoms with Crippen molar-refractivity contribution in [2.75, 3.05) is 5.32 Å². The minimum Gasteiger partial charge on any atom is -0.489 e. The van der Waals surface area contributed by atoms with Crippen LogP contribution in [0.25, 0.3) is 5.69 Å². The number of nitrogens with zero attached hydrogens (tertiary/aromatic N) is 3. The molecular weight excluding hydrogens is 392 g/mol. The molecule has 0 saturated carbocycles. The minimum absolute atomic E-state index is 0.184. The summed E-state index contributed by atoms with van der Waals surface area (Å²) < 4.78 is 12.8. The van der Waals surface area contributed by atoms with Crippen LogP contribution in [0.2, 0.25) is 0 Å². The Morgan fingerprint density at radius 2 is 1.74 bits per heavy atom. The standard InChI is InChI=1S/C24H24N4O3/c1-15-13-16(2)28(26-15)21-9-7-20(8-10-21)25-24(29)19-5-11-22(12-6-19)30-14-23-17(3)27-31-18(23)4/h5-13H,14H2,1-4H3,(H,25,29). The molecule has 0 aliphatic heterocycles. The highest BCUT2D eigenvalue weighted by molar-refractivity contribution is 6.04. The second-order valence-corrected chi connectivity index (χ2v) is 7.46. The number of hydrogen-bond acceptors (Lipinski definition) is 5. The number of aryl methyl sites for hydroxylation is 4. The predicted octanol–water partition coefficient (Wildman–Crippen LogP) is 4.93. The summed E-state index contributed by atoms with van der Waals surface area (Å²) in [5.74, 6) is 1.24. The second kappa shape index (κ2) is 8.47. The van der Waals surface area contributed by atoms with Crippen LogP contribution < -0.4 is 10.1 Å². The second-order valence-electron chi connectivity index (χ2n) is 7.46. The topological polar surface area (TPSA) is 82.2 Å². The van der Waals surface area contributed by atoms with Gasteiger partial charge in [0.05, 0.1) is 22.6 Å². The van der Waals surface area contributed by atoms with E-state index in [9.17, 15) is 4.79 Å². The first-order valence-electron chi connectivity index (χ1n) is 10.0. The molecule has 0 bridgehead atoms. The van der Waals surface area contributed by atoms with Crippen molar-refractivity contribution in [3.05, 3.63) is 88.6 Å². The van der Waals surface area contributed by atoms with Crippen LogP contribution in [0.15, 0.2) is 59.1 Å². The van der Waals surface area contributed by atoms with Gasteiger partial charge in [0.25, 0.3) is 5.91 Å². The Balaban J connectivity index is 1.38. The molecule has 0 atom stereocenters. The normalized spacial score (nSPS) is 10.8. The molecule has 1 amide bonds. The molecule has 2 aromatic heterocycles. The monoisotopic (exact) mass is 416 g/mol. The van der Waals surface area contributed by atoms with Crippen molar-refractivity contribution in [3.8, 4) is 11.4 Å². The van der Waals surface area contributed by atoms with Crippen molar-refractivity contribution >= 4 is 11.6 Å². The van der Waals surface area contributed by atoms with E-state index in [-0.39, 0.29) is 5.91 Å². The highest BCUT2D eigenvalue weighted by atomic mass is 16.5. The average molecular weight is 416 g/mol. The molecule has 2 aromatic carbocycles. The summed E-state index contributed by atoms with van der Waals surface area (Å²) in [6.45, 7) is 8.08. The summed E-state index contributed by atoms with van der Waals surface area (Å²) in [5.41, 5.74) is 5.99. The molecule has 4 rings (SSSR count). The third-order valence-electron chi connectivity index (χ3n) is 5.06. The molecule has 0 unspecified atom stereocenters. The molecule has 0 fully saturated rings. The van der Waals surface area contributed by atoms with E-state index in [0.717, 1.165) is 34.1 Å². The first kappa shape index (κ1) is 20.4. The summed E-state index contributed by atoms with van der Waals surface area (Å²) >= 11 is 0. The number of ether oxygens (including phenoxy) is 1. The Hall–Kier alpha value is -3.87. The predicted molar refractivity (Wildman–Crippen MR) is 118 cm³/mol. The molecule has 0 aliphatic rings. The number of rotatable bonds is 6. The largest absolute Gasteiger partial charge is 0.489 e. The summed E-state index contributed by atoms with van der Waals surface area (Å²) in [4.78, 5) is 12.6. The number of aromatic nitrogens is 3. The van der Waals surface area contributed by atoms with Gasteiger partial charge in [0, 0.05) is 16.9 Å². The van der Waals surface area contributed by atoms with E-state index in [1.807, 2.05) is 62.7 Å². The third kappa shape index (κ3) is 4.50. The fraction of sp³-hybridized carbons (Fsp3) is 0.208. The van der Waals surface area contributed by atoms with Gasteiger partial charge in [0.2, 0.25) is 0 Å². The summed E-state index contributed by atoms with van der Waals surface area (Å²) in [5, 5.41) is 11.3. The van der Waals surface area contributed by atoms with Crippen molar-refractivity contribution < 1.29 is 14.1 Å². The van der Waals surface area contributed by atoms with Crippen LogP contribution in [0.4, 0.5) is 5.69 Å². The van der Waals surface area contributed by atoms with E-state index in [0.29, 0.717) is 23.6 Å². The van der Waals surface area contributed by atoms with Crippen LogP contribution in [0, 0.1) is 27.7 Å². The van der Waals surface area contributed by atoms with E-state index in [1.54, 1.807) is 24.3 Å². The molecule has 0 spiro atoms. The lowest BCUT2D eigenvalue weighted by molar-refractivity contribution is 0.102. The van der Waals surface area contributed by atoms with Crippen LogP contribution in [0.5, 0.6) is 5.75 Å². The van der Waals surface area contributed by atoms with E-state index in [4.69, 9.17) is 9.26 Å². The van der Waals surface area contributed by atoms with Gasteiger partial charge in [-0.1, -0.05) is 5.16 Å². The molecule has 7 nitrogen and oxygen atoms in total. The van der Waals surface area contributed by atoms with Gasteiger partial charge in [-0.2, -0.15) is 5.10 Å². The number of benzene rings is 2. The molecule has 31 heavy (non-hydrogen) atoms. The fourth-order valence-electron chi connectivity index (χ4n) is 3.35. The molecule has 158 valence electrons. The van der Waals surface area contributed by atoms with Gasteiger partial charge in [0.15, 0.2) is 0 Å². The van der Waals surface area contributed by atoms with E-state index in [2.05, 4.69) is 15.6 Å². The molecule has 0 aliphatic carbocycles. The van der Waals surface area contributed by atoms with Crippen LogP contribution in [-0.4, -0.2) is 20.8 Å². The van der Waals surface area contributed by atoms with Crippen LogP contribution >= 0.6 is 0 Å². The highest BCUT2D eigenvalue weighted by Gasteiger charge is 2.11. The van der Waals surface area contributed by atoms with Gasteiger partial charge >= 0.3 is 0 Å². The van der Waals surface area contributed by atoms with Crippen LogP contribution in [0.3, 0.4) is 0 Å². The number of nitrogens with one attached hydrogen (secondary N) is 1. The number of amides is 1. The molecule has 4 aromatic rings. The fourth-order valence-corrected chi connectivity index (χ4v) is 3.35. The van der Waals surface area contributed by atoms with Gasteiger partial charge in [-0.3, -0.25) is 4.79 Å². The number of anilines is 1. The van der Waals surface area contributed by atoms with Crippen LogP contribution in [-0.2, 0) is 6.61 Å². The Morgan fingerprint density at radius 1 is 1.03 bits per heavy atom. The molecule has 1 N–H and O–H groups in total. The number of carbonyl (C=O) groups is 1. The maximum atomic E-state index is 12.6. The van der Waals surface area contributed by atoms with Crippen molar-refractivity contribution in [2.24, 2.45) is 0 Å². The van der Waals surface area contributed by atoms with Gasteiger partial charge in [-0.25, -0.2) is 4.68 Å². The summed E-state index contributed by atoms with van der Waals surface area (Å²) in [6.07, 6.45) is 0. The number of hydrogen-bond donors (Lipinski definition) is 1. The van der Waals surface area contributed by atoms with E-state index in [1.165, 1.54) is 0 Å². The Morgan fingerprint density at radius 3 is 2.32 bits per heavy atom. The Labute approximate surface area is 180 Å². The van der Waals surface area contributed by atoms with Gasteiger partial charge in [-0.05, 0) is 82.3 Å². The summed E-state index contributed by atoms with van der Waals surface area (Å²) in [6, 6.07) is 16.6. The first-order valence-corrected chi connectivity index (χ1v) is 10.0. The molecule has 0 radical (unpaired) electrons. The lowest BCUT2D eigenvalue weighted by Gasteiger charge is -2.09. The zero-order chi connectivity index (χ0) is 22.0. The SMILES string of the molecule is Cc1cc(C)n(-c2ccc(NC(=O)c3ccc(OCc4c(C)noc4C)cc3)cc2)n1. The third-order valence-corrected chi connectivity index (χ3v) is 5.06. The molecule has 7 heteroatoms. The van der Waals surface area contributed by atoms with E-state index >= 15 is 0 Å². The molecule has 0 saturated heterocycles. The van der Waals surface area contributed by atoms with Crippen LogP contribution in [0.1, 0.15) is 38.8 Å². The number of carbonyl (C=O) groups excluding carboxylic acids is 1. The quantitative estimate of drug-likeness (QED) is 0.482. The Bertz CT molecular complexity index is 1190. The van der Waals surface area contributed by atoms with Gasteiger partial charge in [-0.15, -0.1) is 0 Å². The smallest absolute Gasteiger partial charge is 0.255 e. The van der Waals surface area contributed by atoms with Crippen molar-refractivity contribution in [1.82, 2.24) is 14.9 Å². The zero-order valence-corrected chi connectivity index (χ0v) is 18.0. The highest BCUT2D eigenvalue weighted by Crippen LogP contribution is 2.19. The van der Waals surface area contributed by atoms with Crippen molar-refractivity contribution in [3.63, 3.8) is 0 Å². The average Bonchev–Trinajstić information content (AvgIpc) is 3.27. The lowest BCUT2D eigenvalue weighted by Crippen LogP contribution is -2.12. The summed E-state index contributed by atoms with van der Waals surface area (Å²) in [7, 11) is 0. The van der Waals surface area contributed by atoms with E-state index < -0.39 is 0 Å². The first-order chi connectivity index (χ1) is 14.9. The minimum atomic E-state index is -0.184. The van der Waals surface area contributed by atoms with Crippen molar-refractivity contribution in [1.29, 1.82) is 0 Å². The zero-order valence-electron chi connectivity index (χ0n) is 18.0. The lowest BCUT2D eigenvalue weighted by atomic mass is 10.2. The van der Waals surface area contributed by atoms with Crippen molar-refractivity contribution in [2.45, 2.75) is 34.3 Å². The van der Waals surface area contributed by atoms with Gasteiger partial charge < -0.3 is 14.6 Å². The Kier molecular flexibility index (Phi) is 5.58.